The lowest BCUT2D eigenvalue weighted by molar-refractivity contribution is 0.113. The molecule has 1 aromatic rings. The summed E-state index contributed by atoms with van der Waals surface area (Å²) in [5.74, 6) is 0. The first kappa shape index (κ1) is 14.5. The minimum absolute atomic E-state index is 0.607. The van der Waals surface area contributed by atoms with Gasteiger partial charge in [0.25, 0.3) is 0 Å². The minimum Gasteiger partial charge on any atom is -0.311 e. The summed E-state index contributed by atoms with van der Waals surface area (Å²) in [4.78, 5) is 4.86. The van der Waals surface area contributed by atoms with Gasteiger partial charge in [0, 0.05) is 57.1 Å². The van der Waals surface area contributed by atoms with E-state index in [1.807, 2.05) is 11.7 Å². The largest absolute Gasteiger partial charge is 0.311 e. The molecule has 0 saturated carbocycles. The van der Waals surface area contributed by atoms with Crippen molar-refractivity contribution in [1.29, 1.82) is 0 Å². The maximum absolute atomic E-state index is 4.46. The SMILES string of the molecule is Cc1nn(C)c(C)c1CNCC1CN(C)CCN1C. The zero-order chi connectivity index (χ0) is 14.0. The standard InChI is InChI=1S/C14H27N5/c1-11-14(12(2)19(5)16-11)9-15-8-13-10-17(3)6-7-18(13)4/h13,15H,6-10H2,1-5H3. The lowest BCUT2D eigenvalue weighted by Crippen LogP contribution is -2.53. The average molecular weight is 265 g/mol. The Morgan fingerprint density at radius 3 is 2.58 bits per heavy atom. The van der Waals surface area contributed by atoms with Crippen LogP contribution in [0.5, 0.6) is 0 Å². The molecule has 5 nitrogen and oxygen atoms in total. The van der Waals surface area contributed by atoms with Crippen LogP contribution in [0.15, 0.2) is 0 Å². The van der Waals surface area contributed by atoms with E-state index in [1.54, 1.807) is 0 Å². The third kappa shape index (κ3) is 3.35. The molecule has 108 valence electrons. The number of hydrogen-bond acceptors (Lipinski definition) is 4. The number of aryl methyl sites for hydroxylation is 2. The molecule has 1 aromatic heterocycles. The molecule has 0 bridgehead atoms. The number of likely N-dealkylation sites (N-methyl/N-ethyl adjacent to an activating group) is 2. The van der Waals surface area contributed by atoms with Gasteiger partial charge in [0.1, 0.15) is 0 Å². The second-order valence-electron chi connectivity index (χ2n) is 5.80. The highest BCUT2D eigenvalue weighted by Crippen LogP contribution is 2.11. The molecule has 1 fully saturated rings. The van der Waals surface area contributed by atoms with Crippen molar-refractivity contribution >= 4 is 0 Å². The van der Waals surface area contributed by atoms with E-state index < -0.39 is 0 Å². The fourth-order valence-corrected chi connectivity index (χ4v) is 2.76. The van der Waals surface area contributed by atoms with Gasteiger partial charge in [-0.1, -0.05) is 0 Å². The molecule has 1 saturated heterocycles. The molecular formula is C14H27N5. The predicted molar refractivity (Wildman–Crippen MR) is 78.3 cm³/mol. The highest BCUT2D eigenvalue weighted by Gasteiger charge is 2.21. The van der Waals surface area contributed by atoms with Gasteiger partial charge in [-0.2, -0.15) is 5.10 Å². The van der Waals surface area contributed by atoms with Crippen LogP contribution in [0.3, 0.4) is 0 Å². The molecule has 1 aliphatic rings. The highest BCUT2D eigenvalue weighted by molar-refractivity contribution is 5.23. The third-order valence-corrected chi connectivity index (χ3v) is 4.32. The molecule has 0 spiro atoms. The summed E-state index contributed by atoms with van der Waals surface area (Å²) in [5.41, 5.74) is 3.75. The topological polar surface area (TPSA) is 36.3 Å². The van der Waals surface area contributed by atoms with Crippen molar-refractivity contribution in [3.8, 4) is 0 Å². The van der Waals surface area contributed by atoms with E-state index in [9.17, 15) is 0 Å². The maximum atomic E-state index is 4.46. The Balaban J connectivity index is 1.86. The van der Waals surface area contributed by atoms with Gasteiger partial charge in [0.15, 0.2) is 0 Å². The van der Waals surface area contributed by atoms with Crippen LogP contribution < -0.4 is 5.32 Å². The number of hydrogen-bond donors (Lipinski definition) is 1. The molecule has 1 N–H and O–H groups in total. The predicted octanol–water partition coefficient (Wildman–Crippen LogP) is 0.372. The Kier molecular flexibility index (Phi) is 4.60. The molecular weight excluding hydrogens is 238 g/mol. The van der Waals surface area contributed by atoms with E-state index in [4.69, 9.17) is 0 Å². The smallest absolute Gasteiger partial charge is 0.0641 e. The summed E-state index contributed by atoms with van der Waals surface area (Å²) in [5, 5.41) is 8.06. The number of aromatic nitrogens is 2. The van der Waals surface area contributed by atoms with Crippen molar-refractivity contribution in [2.45, 2.75) is 26.4 Å². The minimum atomic E-state index is 0.607. The van der Waals surface area contributed by atoms with Gasteiger partial charge in [0.05, 0.1) is 5.69 Å². The van der Waals surface area contributed by atoms with E-state index >= 15 is 0 Å². The molecule has 2 heterocycles. The molecule has 19 heavy (non-hydrogen) atoms. The first-order chi connectivity index (χ1) is 8.99. The first-order valence-corrected chi connectivity index (χ1v) is 7.07. The summed E-state index contributed by atoms with van der Waals surface area (Å²) in [7, 11) is 6.44. The zero-order valence-electron chi connectivity index (χ0n) is 12.9. The lowest BCUT2D eigenvalue weighted by Gasteiger charge is -2.37. The Hall–Kier alpha value is -0.910. The van der Waals surface area contributed by atoms with Crippen molar-refractivity contribution in [3.63, 3.8) is 0 Å². The van der Waals surface area contributed by atoms with Crippen LogP contribution in [0.1, 0.15) is 17.0 Å². The summed E-state index contributed by atoms with van der Waals surface area (Å²) < 4.78 is 1.97. The summed E-state index contributed by atoms with van der Waals surface area (Å²) in [6.07, 6.45) is 0. The number of piperazine rings is 1. The lowest BCUT2D eigenvalue weighted by atomic mass is 10.1. The van der Waals surface area contributed by atoms with E-state index in [-0.39, 0.29) is 0 Å². The van der Waals surface area contributed by atoms with E-state index in [0.29, 0.717) is 6.04 Å². The van der Waals surface area contributed by atoms with Crippen molar-refractivity contribution in [3.05, 3.63) is 17.0 Å². The zero-order valence-corrected chi connectivity index (χ0v) is 12.9. The van der Waals surface area contributed by atoms with Gasteiger partial charge in [-0.05, 0) is 27.9 Å². The Labute approximate surface area is 116 Å². The molecule has 0 aliphatic carbocycles. The Morgan fingerprint density at radius 1 is 1.21 bits per heavy atom. The second-order valence-corrected chi connectivity index (χ2v) is 5.80. The van der Waals surface area contributed by atoms with Crippen LogP contribution >= 0.6 is 0 Å². The summed E-state index contributed by atoms with van der Waals surface area (Å²) >= 11 is 0. The Bertz CT molecular complexity index is 426. The van der Waals surface area contributed by atoms with Crippen molar-refractivity contribution in [1.82, 2.24) is 24.9 Å². The fourth-order valence-electron chi connectivity index (χ4n) is 2.76. The van der Waals surface area contributed by atoms with E-state index in [1.165, 1.54) is 17.8 Å². The molecule has 1 aliphatic heterocycles. The molecule has 1 atom stereocenters. The Morgan fingerprint density at radius 2 is 1.95 bits per heavy atom. The van der Waals surface area contributed by atoms with Crippen molar-refractivity contribution in [2.24, 2.45) is 7.05 Å². The molecule has 1 unspecified atom stereocenters. The average Bonchev–Trinajstić information content (AvgIpc) is 2.60. The summed E-state index contributed by atoms with van der Waals surface area (Å²) in [6, 6.07) is 0.607. The molecule has 0 amide bonds. The van der Waals surface area contributed by atoms with Crippen LogP contribution in [0.25, 0.3) is 0 Å². The quantitative estimate of drug-likeness (QED) is 0.853. The van der Waals surface area contributed by atoms with Crippen LogP contribution in [0, 0.1) is 13.8 Å². The highest BCUT2D eigenvalue weighted by atomic mass is 15.3. The number of nitrogens with zero attached hydrogens (tertiary/aromatic N) is 4. The maximum Gasteiger partial charge on any atom is 0.0641 e. The van der Waals surface area contributed by atoms with Crippen LogP contribution in [0.2, 0.25) is 0 Å². The molecule has 0 radical (unpaired) electrons. The van der Waals surface area contributed by atoms with Gasteiger partial charge in [-0.25, -0.2) is 0 Å². The van der Waals surface area contributed by atoms with E-state index in [0.717, 1.165) is 31.9 Å². The molecule has 0 aromatic carbocycles. The van der Waals surface area contributed by atoms with Gasteiger partial charge in [-0.3, -0.25) is 9.58 Å². The number of nitrogens with one attached hydrogen (secondary N) is 1. The first-order valence-electron chi connectivity index (χ1n) is 7.07. The molecule has 5 heteroatoms. The van der Waals surface area contributed by atoms with Crippen LogP contribution in [0.4, 0.5) is 0 Å². The van der Waals surface area contributed by atoms with Crippen LogP contribution in [-0.2, 0) is 13.6 Å². The van der Waals surface area contributed by atoms with Crippen molar-refractivity contribution < 1.29 is 0 Å². The second kappa shape index (κ2) is 6.03. The monoisotopic (exact) mass is 265 g/mol. The number of rotatable bonds is 4. The fraction of sp³-hybridized carbons (Fsp3) is 0.786. The van der Waals surface area contributed by atoms with Gasteiger partial charge >= 0.3 is 0 Å². The van der Waals surface area contributed by atoms with Crippen molar-refractivity contribution in [2.75, 3.05) is 40.3 Å². The summed E-state index contributed by atoms with van der Waals surface area (Å²) in [6.45, 7) is 9.66. The van der Waals surface area contributed by atoms with Gasteiger partial charge in [0.2, 0.25) is 0 Å². The van der Waals surface area contributed by atoms with Gasteiger partial charge < -0.3 is 10.2 Å². The van der Waals surface area contributed by atoms with Crippen LogP contribution in [-0.4, -0.2) is 65.9 Å². The van der Waals surface area contributed by atoms with Gasteiger partial charge in [-0.15, -0.1) is 0 Å². The normalized spacial score (nSPS) is 22.1. The molecule has 2 rings (SSSR count). The van der Waals surface area contributed by atoms with E-state index in [2.05, 4.69) is 48.2 Å². The third-order valence-electron chi connectivity index (χ3n) is 4.32.